The van der Waals surface area contributed by atoms with Gasteiger partial charge >= 0.3 is 0 Å². The van der Waals surface area contributed by atoms with Crippen LogP contribution in [-0.2, 0) is 0 Å². The Kier molecular flexibility index (Phi) is 3.34. The van der Waals surface area contributed by atoms with E-state index in [4.69, 9.17) is 16.3 Å². The summed E-state index contributed by atoms with van der Waals surface area (Å²) in [6.45, 7) is 0.284. The van der Waals surface area contributed by atoms with Gasteiger partial charge in [0.1, 0.15) is 11.6 Å². The molecule has 1 aliphatic rings. The molecule has 0 amide bonds. The van der Waals surface area contributed by atoms with Gasteiger partial charge in [0.25, 0.3) is 0 Å². The summed E-state index contributed by atoms with van der Waals surface area (Å²) in [6.07, 6.45) is 0. The van der Waals surface area contributed by atoms with E-state index >= 15 is 0 Å². The Balaban J connectivity index is 1.98. The van der Waals surface area contributed by atoms with Gasteiger partial charge in [0.2, 0.25) is 0 Å². The molecule has 20 heavy (non-hydrogen) atoms. The first-order chi connectivity index (χ1) is 9.58. The number of hydrogen-bond donors (Lipinski definition) is 0. The molecule has 2 aromatic rings. The van der Waals surface area contributed by atoms with Crippen molar-refractivity contribution < 1.29 is 17.9 Å². The molecule has 0 saturated heterocycles. The maximum atomic E-state index is 13.8. The summed E-state index contributed by atoms with van der Waals surface area (Å²) in [5.41, 5.74) is 0.785. The maximum absolute atomic E-state index is 13.8. The maximum Gasteiger partial charge on any atom is 0.161 e. The molecule has 0 radical (unpaired) electrons. The number of alkyl halides is 1. The molecule has 0 fully saturated rings. The largest absolute Gasteiger partial charge is 0.493 e. The molecule has 0 aromatic heterocycles. The zero-order valence-electron chi connectivity index (χ0n) is 10.2. The second-order valence-electron chi connectivity index (χ2n) is 4.64. The van der Waals surface area contributed by atoms with Crippen molar-refractivity contribution in [1.29, 1.82) is 0 Å². The Morgan fingerprint density at radius 2 is 1.75 bits per heavy atom. The minimum atomic E-state index is -1.22. The van der Waals surface area contributed by atoms with Crippen LogP contribution < -0.4 is 4.74 Å². The monoisotopic (exact) mass is 298 g/mol. The molecule has 1 heterocycles. The molecule has 104 valence electrons. The number of benzene rings is 2. The van der Waals surface area contributed by atoms with Crippen molar-refractivity contribution in [2.24, 2.45) is 0 Å². The molecular formula is C15H10ClF3O. The van der Waals surface area contributed by atoms with Gasteiger partial charge in [-0.3, -0.25) is 0 Å². The number of halogens is 4. The summed E-state index contributed by atoms with van der Waals surface area (Å²) in [7, 11) is 0. The summed E-state index contributed by atoms with van der Waals surface area (Å²) in [4.78, 5) is 0. The van der Waals surface area contributed by atoms with Crippen LogP contribution in [0.25, 0.3) is 0 Å². The van der Waals surface area contributed by atoms with Crippen LogP contribution in [0.2, 0.25) is 0 Å². The van der Waals surface area contributed by atoms with Crippen LogP contribution in [0.4, 0.5) is 13.2 Å². The molecule has 0 N–H and O–H groups in total. The first-order valence-electron chi connectivity index (χ1n) is 6.08. The molecule has 0 saturated carbocycles. The second-order valence-corrected chi connectivity index (χ2v) is 5.12. The Morgan fingerprint density at radius 1 is 1.05 bits per heavy atom. The molecule has 1 nitrogen and oxygen atoms in total. The third-order valence-electron chi connectivity index (χ3n) is 3.43. The van der Waals surface area contributed by atoms with Crippen LogP contribution in [0.3, 0.4) is 0 Å². The first-order valence-corrected chi connectivity index (χ1v) is 6.52. The lowest BCUT2D eigenvalue weighted by Crippen LogP contribution is -2.10. The lowest BCUT2D eigenvalue weighted by atomic mass is 9.93. The van der Waals surface area contributed by atoms with Crippen LogP contribution >= 0.6 is 11.6 Å². The van der Waals surface area contributed by atoms with Crippen molar-refractivity contribution in [2.45, 2.75) is 11.3 Å². The zero-order valence-corrected chi connectivity index (χ0v) is 11.0. The van der Waals surface area contributed by atoms with Gasteiger partial charge in [-0.05, 0) is 12.1 Å². The standard InChI is InChI=1S/C15H10ClF3O/c16-15(9-5-12(18)13(19)6-11(9)17)10-7-20-14-4-2-1-3-8(10)14/h1-6,10,15H,7H2. The average Bonchev–Trinajstić information content (AvgIpc) is 2.86. The smallest absolute Gasteiger partial charge is 0.161 e. The van der Waals surface area contributed by atoms with Crippen LogP contribution in [-0.4, -0.2) is 6.61 Å². The highest BCUT2D eigenvalue weighted by molar-refractivity contribution is 6.21. The SMILES string of the molecule is Fc1cc(F)c(C(Cl)C2COc3ccccc32)cc1F. The van der Waals surface area contributed by atoms with Gasteiger partial charge in [0.15, 0.2) is 11.6 Å². The lowest BCUT2D eigenvalue weighted by Gasteiger charge is -2.17. The van der Waals surface area contributed by atoms with Gasteiger partial charge in [-0.25, -0.2) is 13.2 Å². The van der Waals surface area contributed by atoms with E-state index in [2.05, 4.69) is 0 Å². The number of hydrogen-bond acceptors (Lipinski definition) is 1. The van der Waals surface area contributed by atoms with E-state index in [0.717, 1.165) is 11.6 Å². The minimum Gasteiger partial charge on any atom is -0.493 e. The lowest BCUT2D eigenvalue weighted by molar-refractivity contribution is 0.326. The molecule has 0 spiro atoms. The van der Waals surface area contributed by atoms with Gasteiger partial charge in [-0.2, -0.15) is 0 Å². The van der Waals surface area contributed by atoms with E-state index in [1.54, 1.807) is 6.07 Å². The van der Waals surface area contributed by atoms with E-state index in [0.29, 0.717) is 11.8 Å². The average molecular weight is 299 g/mol. The Labute approximate surface area is 118 Å². The second kappa shape index (κ2) is 5.02. The van der Waals surface area contributed by atoms with E-state index in [-0.39, 0.29) is 18.1 Å². The van der Waals surface area contributed by atoms with Crippen molar-refractivity contribution in [3.63, 3.8) is 0 Å². The van der Waals surface area contributed by atoms with Crippen molar-refractivity contribution >= 4 is 11.6 Å². The summed E-state index contributed by atoms with van der Waals surface area (Å²) < 4.78 is 45.5. The first kappa shape index (κ1) is 13.3. The Morgan fingerprint density at radius 3 is 2.55 bits per heavy atom. The fourth-order valence-electron chi connectivity index (χ4n) is 2.40. The van der Waals surface area contributed by atoms with Crippen LogP contribution in [0.5, 0.6) is 5.75 Å². The highest BCUT2D eigenvalue weighted by atomic mass is 35.5. The van der Waals surface area contributed by atoms with Crippen molar-refractivity contribution in [1.82, 2.24) is 0 Å². The highest BCUT2D eigenvalue weighted by Gasteiger charge is 2.33. The quantitative estimate of drug-likeness (QED) is 0.583. The highest BCUT2D eigenvalue weighted by Crippen LogP contribution is 2.45. The molecule has 2 unspecified atom stereocenters. The number of para-hydroxylation sites is 1. The summed E-state index contributed by atoms with van der Waals surface area (Å²) >= 11 is 6.26. The molecular weight excluding hydrogens is 289 g/mol. The zero-order chi connectivity index (χ0) is 14.3. The summed E-state index contributed by atoms with van der Waals surface area (Å²) in [6, 6.07) is 8.60. The predicted octanol–water partition coefficient (Wildman–Crippen LogP) is 4.56. The fourth-order valence-corrected chi connectivity index (χ4v) is 2.77. The van der Waals surface area contributed by atoms with Crippen molar-refractivity contribution in [3.05, 3.63) is 65.0 Å². The molecule has 0 bridgehead atoms. The van der Waals surface area contributed by atoms with Crippen molar-refractivity contribution in [3.8, 4) is 5.75 Å². The summed E-state index contributed by atoms with van der Waals surface area (Å²) in [5.74, 6) is -2.80. The van der Waals surface area contributed by atoms with E-state index in [1.165, 1.54) is 0 Å². The number of ether oxygens (including phenoxy) is 1. The van der Waals surface area contributed by atoms with Gasteiger partial charge in [-0.15, -0.1) is 11.6 Å². The normalized spacial score (nSPS) is 18.5. The van der Waals surface area contributed by atoms with Crippen molar-refractivity contribution in [2.75, 3.05) is 6.61 Å². The Bertz CT molecular complexity index is 660. The number of rotatable bonds is 2. The number of fused-ring (bicyclic) bond motifs is 1. The van der Waals surface area contributed by atoms with Gasteiger partial charge < -0.3 is 4.74 Å². The van der Waals surface area contributed by atoms with E-state index < -0.39 is 22.8 Å². The van der Waals surface area contributed by atoms with E-state index in [1.807, 2.05) is 18.2 Å². The molecule has 3 rings (SSSR count). The minimum absolute atomic E-state index is 0.0594. The Hall–Kier alpha value is -1.68. The van der Waals surface area contributed by atoms with Gasteiger partial charge in [0, 0.05) is 23.1 Å². The third-order valence-corrected chi connectivity index (χ3v) is 3.97. The molecule has 2 atom stereocenters. The molecule has 2 aromatic carbocycles. The van der Waals surface area contributed by atoms with Crippen LogP contribution in [0.1, 0.15) is 22.4 Å². The topological polar surface area (TPSA) is 9.23 Å². The molecule has 1 aliphatic heterocycles. The fraction of sp³-hybridized carbons (Fsp3) is 0.200. The van der Waals surface area contributed by atoms with E-state index in [9.17, 15) is 13.2 Å². The molecule has 5 heteroatoms. The summed E-state index contributed by atoms with van der Waals surface area (Å²) in [5, 5.41) is -0.825. The molecule has 0 aliphatic carbocycles. The van der Waals surface area contributed by atoms with Crippen LogP contribution in [0, 0.1) is 17.5 Å². The predicted molar refractivity (Wildman–Crippen MR) is 69.6 cm³/mol. The van der Waals surface area contributed by atoms with Gasteiger partial charge in [0.05, 0.1) is 12.0 Å². The van der Waals surface area contributed by atoms with Crippen LogP contribution in [0.15, 0.2) is 36.4 Å². The van der Waals surface area contributed by atoms with Gasteiger partial charge in [-0.1, -0.05) is 18.2 Å². The third kappa shape index (κ3) is 2.14.